The van der Waals surface area contributed by atoms with E-state index in [-0.39, 0.29) is 56.0 Å². The zero-order chi connectivity index (χ0) is 38.6. The summed E-state index contributed by atoms with van der Waals surface area (Å²) < 4.78 is 23.1. The van der Waals surface area contributed by atoms with Gasteiger partial charge in [-0.05, 0) is 71.8 Å². The first-order chi connectivity index (χ1) is 26.5. The molecule has 8 rings (SSSR count). The second-order valence-electron chi connectivity index (χ2n) is 15.7. The van der Waals surface area contributed by atoms with E-state index in [1.54, 1.807) is 26.7 Å². The topological polar surface area (TPSA) is 138 Å². The van der Waals surface area contributed by atoms with E-state index in [1.165, 1.54) is 0 Å². The number of methoxy groups -OCH3 is 1. The Morgan fingerprint density at radius 3 is 2.18 bits per heavy atom. The predicted molar refractivity (Wildman–Crippen MR) is 203 cm³/mol. The van der Waals surface area contributed by atoms with Gasteiger partial charge in [0, 0.05) is 35.3 Å². The SMILES string of the molecule is COc1ccc(C(C)(C)[C@H]2[C@H](CC(=O)N3CCC[C@H]3CO)O[C@@]3(C(=O)N(Cc4ccc(N5CCOC5=O)cc4)c4ccc(N5CCOC5=O)cc43)[C@@H]2C)cc1. The van der Waals surface area contributed by atoms with Crippen LogP contribution in [0.2, 0.25) is 0 Å². The molecule has 290 valence electrons. The van der Waals surface area contributed by atoms with Crippen molar-refractivity contribution in [1.29, 1.82) is 0 Å². The maximum Gasteiger partial charge on any atom is 0.414 e. The first-order valence-corrected chi connectivity index (χ1v) is 19.1. The van der Waals surface area contributed by atoms with Gasteiger partial charge in [0.2, 0.25) is 5.91 Å². The highest BCUT2D eigenvalue weighted by molar-refractivity contribution is 6.08. The average molecular weight is 753 g/mol. The van der Waals surface area contributed by atoms with Gasteiger partial charge in [-0.1, -0.05) is 45.0 Å². The van der Waals surface area contributed by atoms with Gasteiger partial charge in [-0.3, -0.25) is 19.4 Å². The smallest absolute Gasteiger partial charge is 0.414 e. The number of ether oxygens (including phenoxy) is 4. The van der Waals surface area contributed by atoms with Crippen molar-refractivity contribution in [3.63, 3.8) is 0 Å². The van der Waals surface area contributed by atoms with Gasteiger partial charge >= 0.3 is 12.2 Å². The van der Waals surface area contributed by atoms with Crippen LogP contribution in [-0.4, -0.2) is 92.7 Å². The molecule has 0 bridgehead atoms. The van der Waals surface area contributed by atoms with Crippen LogP contribution in [-0.2, 0) is 41.4 Å². The number of hydrogen-bond donors (Lipinski definition) is 1. The maximum absolute atomic E-state index is 15.4. The van der Waals surface area contributed by atoms with Crippen molar-refractivity contribution in [3.05, 3.63) is 83.4 Å². The van der Waals surface area contributed by atoms with Gasteiger partial charge in [0.05, 0.1) is 57.6 Å². The molecule has 5 aliphatic rings. The second-order valence-corrected chi connectivity index (χ2v) is 15.7. The van der Waals surface area contributed by atoms with Crippen molar-refractivity contribution >= 4 is 41.1 Å². The molecule has 13 nitrogen and oxygen atoms in total. The highest BCUT2D eigenvalue weighted by Crippen LogP contribution is 2.60. The fourth-order valence-electron chi connectivity index (χ4n) is 9.69. The molecule has 5 heterocycles. The molecule has 5 atom stereocenters. The van der Waals surface area contributed by atoms with Gasteiger partial charge in [0.25, 0.3) is 5.91 Å². The number of fused-ring (bicyclic) bond motifs is 2. The van der Waals surface area contributed by atoms with E-state index in [9.17, 15) is 19.5 Å². The number of carbonyl (C=O) groups is 4. The Morgan fingerprint density at radius 1 is 0.909 bits per heavy atom. The lowest BCUT2D eigenvalue weighted by atomic mass is 9.63. The number of rotatable bonds is 10. The lowest BCUT2D eigenvalue weighted by molar-refractivity contribution is -0.150. The number of amides is 4. The number of likely N-dealkylation sites (tertiary alicyclic amines) is 1. The third-order valence-corrected chi connectivity index (χ3v) is 12.5. The largest absolute Gasteiger partial charge is 0.497 e. The van der Waals surface area contributed by atoms with Crippen molar-refractivity contribution < 1.29 is 43.2 Å². The summed E-state index contributed by atoms with van der Waals surface area (Å²) in [5.41, 5.74) is 2.39. The van der Waals surface area contributed by atoms with E-state index in [2.05, 4.69) is 13.8 Å². The minimum absolute atomic E-state index is 0.0357. The van der Waals surface area contributed by atoms with Crippen LogP contribution in [0.1, 0.15) is 56.7 Å². The summed E-state index contributed by atoms with van der Waals surface area (Å²) >= 11 is 0. The number of nitrogens with zero attached hydrogens (tertiary/aromatic N) is 4. The van der Waals surface area contributed by atoms with Crippen molar-refractivity contribution in [2.24, 2.45) is 11.8 Å². The van der Waals surface area contributed by atoms with Gasteiger partial charge < -0.3 is 33.9 Å². The van der Waals surface area contributed by atoms with Crippen LogP contribution in [0.25, 0.3) is 0 Å². The molecule has 5 aliphatic heterocycles. The monoisotopic (exact) mass is 752 g/mol. The third kappa shape index (κ3) is 6.08. The summed E-state index contributed by atoms with van der Waals surface area (Å²) in [5, 5.41) is 10.1. The number of anilines is 3. The van der Waals surface area contributed by atoms with Gasteiger partial charge in [-0.2, -0.15) is 0 Å². The Bertz CT molecular complexity index is 1990. The summed E-state index contributed by atoms with van der Waals surface area (Å²) in [7, 11) is 1.62. The summed E-state index contributed by atoms with van der Waals surface area (Å²) in [6.45, 7) is 8.43. The molecule has 13 heteroatoms. The fourth-order valence-corrected chi connectivity index (χ4v) is 9.69. The van der Waals surface area contributed by atoms with Crippen LogP contribution in [0.5, 0.6) is 5.75 Å². The molecular weight excluding hydrogens is 704 g/mol. The van der Waals surface area contributed by atoms with E-state index >= 15 is 4.79 Å². The standard InChI is InChI=1S/C42H48N4O9/c1-26-37(41(2,3)28-9-14-32(52-4)15-10-28)35(23-36(48)43-17-5-6-31(43)25-47)55-42(26)33-22-30(45-19-21-54-40(45)51)13-16-34(33)46(38(42)49)24-27-7-11-29(12-8-27)44-18-20-53-39(44)50/h7-16,22,26,31,35,37,47H,5-6,17-21,23-25H2,1-4H3/t26-,31+,35+,37-,42+/m1/s1. The zero-order valence-corrected chi connectivity index (χ0v) is 31.7. The lowest BCUT2D eigenvalue weighted by Gasteiger charge is -2.39. The molecule has 3 aromatic carbocycles. The van der Waals surface area contributed by atoms with Crippen LogP contribution in [0.4, 0.5) is 26.7 Å². The molecule has 0 radical (unpaired) electrons. The minimum atomic E-state index is -1.49. The van der Waals surface area contributed by atoms with Crippen molar-refractivity contribution in [2.75, 3.05) is 61.3 Å². The summed E-state index contributed by atoms with van der Waals surface area (Å²) in [6, 6.07) is 20.7. The average Bonchev–Trinajstić information content (AvgIpc) is 4.02. The van der Waals surface area contributed by atoms with Gasteiger partial charge in [0.1, 0.15) is 19.0 Å². The van der Waals surface area contributed by atoms with E-state index in [1.807, 2.05) is 73.7 Å². The lowest BCUT2D eigenvalue weighted by Crippen LogP contribution is -2.46. The first-order valence-electron chi connectivity index (χ1n) is 19.1. The van der Waals surface area contributed by atoms with E-state index in [0.717, 1.165) is 29.7 Å². The zero-order valence-electron chi connectivity index (χ0n) is 31.7. The van der Waals surface area contributed by atoms with E-state index < -0.39 is 29.1 Å². The molecule has 4 amide bonds. The second kappa shape index (κ2) is 14.2. The molecule has 0 saturated carbocycles. The Balaban J connectivity index is 1.21. The van der Waals surface area contributed by atoms with Crippen molar-refractivity contribution in [3.8, 4) is 5.75 Å². The number of cyclic esters (lactones) is 2. The molecule has 4 saturated heterocycles. The van der Waals surface area contributed by atoms with Crippen LogP contribution in [0.15, 0.2) is 66.7 Å². The summed E-state index contributed by atoms with van der Waals surface area (Å²) in [5.74, 6) is -0.394. The molecule has 3 aromatic rings. The minimum Gasteiger partial charge on any atom is -0.497 e. The molecule has 0 aliphatic carbocycles. The predicted octanol–water partition coefficient (Wildman–Crippen LogP) is 5.35. The quantitative estimate of drug-likeness (QED) is 0.291. The molecule has 1 spiro atoms. The molecule has 55 heavy (non-hydrogen) atoms. The number of benzene rings is 3. The normalized spacial score (nSPS) is 26.3. The number of aliphatic hydroxyl groups excluding tert-OH is 1. The van der Waals surface area contributed by atoms with Gasteiger partial charge in [0.15, 0.2) is 5.60 Å². The molecule has 1 N–H and O–H groups in total. The maximum atomic E-state index is 15.4. The fraction of sp³-hybridized carbons (Fsp3) is 0.476. The van der Waals surface area contributed by atoms with Crippen molar-refractivity contribution in [2.45, 2.75) is 69.7 Å². The molecule has 0 unspecified atom stereocenters. The third-order valence-electron chi connectivity index (χ3n) is 12.5. The Hall–Kier alpha value is -5.14. The Labute approximate surface area is 320 Å². The molecule has 0 aromatic heterocycles. The van der Waals surface area contributed by atoms with E-state index in [0.29, 0.717) is 48.9 Å². The number of aliphatic hydroxyl groups is 1. The summed E-state index contributed by atoms with van der Waals surface area (Å²) in [4.78, 5) is 61.2. The van der Waals surface area contributed by atoms with Crippen LogP contribution < -0.4 is 19.4 Å². The van der Waals surface area contributed by atoms with Crippen LogP contribution in [0.3, 0.4) is 0 Å². The summed E-state index contributed by atoms with van der Waals surface area (Å²) in [6.07, 6.45) is 0.0731. The van der Waals surface area contributed by atoms with E-state index in [4.69, 9.17) is 18.9 Å². The van der Waals surface area contributed by atoms with Crippen LogP contribution >= 0.6 is 0 Å². The highest BCUT2D eigenvalue weighted by Gasteiger charge is 2.66. The molecule has 4 fully saturated rings. The number of hydrogen-bond acceptors (Lipinski definition) is 9. The molecular formula is C42H48N4O9. The number of carbonyl (C=O) groups excluding carboxylic acids is 4. The van der Waals surface area contributed by atoms with Crippen LogP contribution in [0, 0.1) is 11.8 Å². The Morgan fingerprint density at radius 2 is 1.56 bits per heavy atom. The first kappa shape index (κ1) is 36.8. The Kier molecular flexibility index (Phi) is 9.49. The van der Waals surface area contributed by atoms with Gasteiger partial charge in [-0.15, -0.1) is 0 Å². The van der Waals surface area contributed by atoms with Gasteiger partial charge in [-0.25, -0.2) is 9.59 Å². The highest BCUT2D eigenvalue weighted by atomic mass is 16.6. The van der Waals surface area contributed by atoms with Crippen molar-refractivity contribution in [1.82, 2.24) is 4.90 Å².